The van der Waals surface area contributed by atoms with Crippen LogP contribution in [0.1, 0.15) is 24.1 Å². The number of primary sulfonamides is 1. The number of halogens is 1. The van der Waals surface area contributed by atoms with Crippen LogP contribution in [-0.4, -0.2) is 27.4 Å². The number of carbonyl (C=O) groups is 1. The molecule has 26 heavy (non-hydrogen) atoms. The molecule has 140 valence electrons. The molecule has 0 spiro atoms. The Bertz CT molecular complexity index is 854. The number of benzene rings is 2. The van der Waals surface area contributed by atoms with Gasteiger partial charge in [-0.05, 0) is 48.7 Å². The molecule has 2 aromatic carbocycles. The molecule has 0 bridgehead atoms. The minimum Gasteiger partial charge on any atom is -0.355 e. The number of rotatable bonds is 8. The molecule has 0 saturated heterocycles. The molecule has 2 rings (SSSR count). The molecule has 0 aliphatic carbocycles. The second kappa shape index (κ2) is 9.14. The Morgan fingerprint density at radius 2 is 1.88 bits per heavy atom. The maximum Gasteiger partial charge on any atom is 0.238 e. The fourth-order valence-electron chi connectivity index (χ4n) is 2.39. The van der Waals surface area contributed by atoms with Crippen LogP contribution in [0.5, 0.6) is 0 Å². The highest BCUT2D eigenvalue weighted by Gasteiger charge is 2.09. The Morgan fingerprint density at radius 1 is 1.19 bits per heavy atom. The van der Waals surface area contributed by atoms with Crippen molar-refractivity contribution in [2.75, 3.05) is 13.1 Å². The van der Waals surface area contributed by atoms with Crippen LogP contribution in [0.3, 0.4) is 0 Å². The molecule has 2 aromatic rings. The van der Waals surface area contributed by atoms with E-state index in [1.165, 1.54) is 12.1 Å². The van der Waals surface area contributed by atoms with E-state index in [-0.39, 0.29) is 23.4 Å². The summed E-state index contributed by atoms with van der Waals surface area (Å²) in [6.07, 6.45) is 0.598. The van der Waals surface area contributed by atoms with Crippen molar-refractivity contribution in [1.82, 2.24) is 10.6 Å². The summed E-state index contributed by atoms with van der Waals surface area (Å²) >= 11 is 5.97. The van der Waals surface area contributed by atoms with Crippen molar-refractivity contribution in [2.45, 2.75) is 24.3 Å². The van der Waals surface area contributed by atoms with Crippen molar-refractivity contribution in [2.24, 2.45) is 5.14 Å². The first-order valence-electron chi connectivity index (χ1n) is 8.13. The zero-order valence-electron chi connectivity index (χ0n) is 14.4. The van der Waals surface area contributed by atoms with E-state index in [0.29, 0.717) is 18.0 Å². The lowest BCUT2D eigenvalue weighted by atomic mass is 10.1. The first-order valence-corrected chi connectivity index (χ1v) is 10.1. The predicted octanol–water partition coefficient (Wildman–Crippen LogP) is 2.00. The Labute approximate surface area is 158 Å². The van der Waals surface area contributed by atoms with E-state index in [1.807, 2.05) is 25.1 Å². The monoisotopic (exact) mass is 395 g/mol. The summed E-state index contributed by atoms with van der Waals surface area (Å²) in [7, 11) is -3.68. The van der Waals surface area contributed by atoms with Gasteiger partial charge in [0.1, 0.15) is 0 Å². The molecular weight excluding hydrogens is 374 g/mol. The third-order valence-electron chi connectivity index (χ3n) is 3.91. The number of carbonyl (C=O) groups excluding carboxylic acids is 1. The lowest BCUT2D eigenvalue weighted by Gasteiger charge is -2.14. The fourth-order valence-corrected chi connectivity index (χ4v) is 3.11. The second-order valence-electron chi connectivity index (χ2n) is 5.95. The second-order valence-corrected chi connectivity index (χ2v) is 7.94. The lowest BCUT2D eigenvalue weighted by molar-refractivity contribution is -0.120. The number of amides is 1. The summed E-state index contributed by atoms with van der Waals surface area (Å²) in [4.78, 5) is 12.0. The summed E-state index contributed by atoms with van der Waals surface area (Å²) in [5.41, 5.74) is 1.93. The van der Waals surface area contributed by atoms with Crippen molar-refractivity contribution in [3.05, 3.63) is 64.7 Å². The molecule has 0 heterocycles. The molecular formula is C18H22ClN3O3S. The van der Waals surface area contributed by atoms with Gasteiger partial charge in [-0.1, -0.05) is 35.9 Å². The summed E-state index contributed by atoms with van der Waals surface area (Å²) in [6, 6.07) is 13.8. The molecule has 1 atom stereocenters. The molecule has 0 aliphatic heterocycles. The van der Waals surface area contributed by atoms with E-state index in [4.69, 9.17) is 16.7 Å². The van der Waals surface area contributed by atoms with Gasteiger partial charge in [-0.2, -0.15) is 0 Å². The number of sulfonamides is 1. The van der Waals surface area contributed by atoms with Crippen LogP contribution in [-0.2, 0) is 21.2 Å². The van der Waals surface area contributed by atoms with Crippen molar-refractivity contribution >= 4 is 27.5 Å². The molecule has 0 saturated carbocycles. The standard InChI is InChI=1S/C18H22ClN3O3S/c1-13(15-3-2-4-16(19)11-15)22-12-18(23)21-10-9-14-5-7-17(8-6-14)26(20,24)25/h2-8,11,13,22H,9-10,12H2,1H3,(H,21,23)(H2,20,24,25)/t13-/m1/s1. The number of hydrogen-bond donors (Lipinski definition) is 3. The van der Waals surface area contributed by atoms with Crippen molar-refractivity contribution in [3.8, 4) is 0 Å². The topological polar surface area (TPSA) is 101 Å². The van der Waals surface area contributed by atoms with Crippen molar-refractivity contribution in [1.29, 1.82) is 0 Å². The maximum atomic E-state index is 11.9. The molecule has 0 aromatic heterocycles. The zero-order chi connectivity index (χ0) is 19.2. The van der Waals surface area contributed by atoms with Gasteiger partial charge in [-0.3, -0.25) is 4.79 Å². The van der Waals surface area contributed by atoms with E-state index in [1.54, 1.807) is 18.2 Å². The van der Waals surface area contributed by atoms with Gasteiger partial charge < -0.3 is 10.6 Å². The SMILES string of the molecule is C[C@@H](NCC(=O)NCCc1ccc(S(N)(=O)=O)cc1)c1cccc(Cl)c1. The minimum atomic E-state index is -3.68. The Hall–Kier alpha value is -1.93. The summed E-state index contributed by atoms with van der Waals surface area (Å²) < 4.78 is 22.4. The molecule has 1 amide bonds. The highest BCUT2D eigenvalue weighted by atomic mass is 35.5. The van der Waals surface area contributed by atoms with E-state index in [2.05, 4.69) is 10.6 Å². The van der Waals surface area contributed by atoms with E-state index >= 15 is 0 Å². The minimum absolute atomic E-state index is 0.00482. The van der Waals surface area contributed by atoms with Gasteiger partial charge in [0.2, 0.25) is 15.9 Å². The van der Waals surface area contributed by atoms with Crippen LogP contribution in [0.4, 0.5) is 0 Å². The van der Waals surface area contributed by atoms with E-state index < -0.39 is 10.0 Å². The van der Waals surface area contributed by atoms with Crippen LogP contribution in [0.15, 0.2) is 53.4 Å². The number of hydrogen-bond acceptors (Lipinski definition) is 4. The summed E-state index contributed by atoms with van der Waals surface area (Å²) in [5.74, 6) is -0.111. The predicted molar refractivity (Wildman–Crippen MR) is 102 cm³/mol. The van der Waals surface area contributed by atoms with Gasteiger partial charge in [0.25, 0.3) is 0 Å². The molecule has 6 nitrogen and oxygen atoms in total. The average molecular weight is 396 g/mol. The van der Waals surface area contributed by atoms with Gasteiger partial charge in [0.15, 0.2) is 0 Å². The first-order chi connectivity index (χ1) is 12.3. The van der Waals surface area contributed by atoms with Crippen LogP contribution >= 0.6 is 11.6 Å². The molecule has 0 aliphatic rings. The smallest absolute Gasteiger partial charge is 0.238 e. The maximum absolute atomic E-state index is 11.9. The average Bonchev–Trinajstić information content (AvgIpc) is 2.59. The van der Waals surface area contributed by atoms with E-state index in [0.717, 1.165) is 11.1 Å². The van der Waals surface area contributed by atoms with Crippen molar-refractivity contribution < 1.29 is 13.2 Å². The highest BCUT2D eigenvalue weighted by molar-refractivity contribution is 7.89. The van der Waals surface area contributed by atoms with E-state index in [9.17, 15) is 13.2 Å². The van der Waals surface area contributed by atoms with Crippen LogP contribution in [0.25, 0.3) is 0 Å². The van der Waals surface area contributed by atoms with Gasteiger partial charge in [-0.15, -0.1) is 0 Å². The lowest BCUT2D eigenvalue weighted by Crippen LogP contribution is -2.36. The molecule has 0 fully saturated rings. The normalized spacial score (nSPS) is 12.6. The Morgan fingerprint density at radius 3 is 2.50 bits per heavy atom. The van der Waals surface area contributed by atoms with Gasteiger partial charge in [-0.25, -0.2) is 13.6 Å². The third-order valence-corrected chi connectivity index (χ3v) is 5.07. The van der Waals surface area contributed by atoms with Gasteiger partial charge >= 0.3 is 0 Å². The first kappa shape index (κ1) is 20.4. The molecule has 8 heteroatoms. The summed E-state index contributed by atoms with van der Waals surface area (Å²) in [6.45, 7) is 2.62. The largest absolute Gasteiger partial charge is 0.355 e. The van der Waals surface area contributed by atoms with Crippen LogP contribution in [0, 0.1) is 0 Å². The van der Waals surface area contributed by atoms with Crippen LogP contribution < -0.4 is 15.8 Å². The fraction of sp³-hybridized carbons (Fsp3) is 0.278. The van der Waals surface area contributed by atoms with Gasteiger partial charge in [0, 0.05) is 17.6 Å². The summed E-state index contributed by atoms with van der Waals surface area (Å²) in [5, 5.41) is 11.7. The third kappa shape index (κ3) is 6.42. The highest BCUT2D eigenvalue weighted by Crippen LogP contribution is 2.16. The molecule has 0 radical (unpaired) electrons. The Balaban J connectivity index is 1.73. The Kier molecular flexibility index (Phi) is 7.16. The van der Waals surface area contributed by atoms with Crippen molar-refractivity contribution in [3.63, 3.8) is 0 Å². The number of nitrogens with one attached hydrogen (secondary N) is 2. The zero-order valence-corrected chi connectivity index (χ0v) is 16.0. The van der Waals surface area contributed by atoms with Crippen LogP contribution in [0.2, 0.25) is 5.02 Å². The molecule has 0 unspecified atom stereocenters. The number of nitrogens with two attached hydrogens (primary N) is 1. The quantitative estimate of drug-likeness (QED) is 0.636. The molecule has 4 N–H and O–H groups in total. The van der Waals surface area contributed by atoms with Gasteiger partial charge in [0.05, 0.1) is 11.4 Å².